The molecule has 1 aliphatic heterocycles. The van der Waals surface area contributed by atoms with E-state index in [1.807, 2.05) is 6.92 Å². The summed E-state index contributed by atoms with van der Waals surface area (Å²) in [5, 5.41) is 14.0. The van der Waals surface area contributed by atoms with Crippen LogP contribution in [0.4, 0.5) is 0 Å². The first kappa shape index (κ1) is 16.0. The van der Waals surface area contributed by atoms with Crippen molar-refractivity contribution in [1.29, 1.82) is 0 Å². The van der Waals surface area contributed by atoms with Crippen molar-refractivity contribution in [1.82, 2.24) is 10.3 Å². The van der Waals surface area contributed by atoms with Crippen LogP contribution in [0.15, 0.2) is 12.1 Å². The number of hydrogen-bond acceptors (Lipinski definition) is 3. The molecule has 0 radical (unpaired) electrons. The van der Waals surface area contributed by atoms with E-state index >= 15 is 0 Å². The van der Waals surface area contributed by atoms with Crippen LogP contribution in [-0.4, -0.2) is 41.4 Å². The van der Waals surface area contributed by atoms with Gasteiger partial charge >= 0.3 is 0 Å². The Morgan fingerprint density at radius 1 is 1.39 bits per heavy atom. The molecular formula is C18H24N2O3. The number of hydrogen-bond donors (Lipinski definition) is 3. The number of aliphatic hydroxyl groups excluding tert-OH is 1. The van der Waals surface area contributed by atoms with Crippen LogP contribution in [0.2, 0.25) is 0 Å². The van der Waals surface area contributed by atoms with Crippen LogP contribution in [0.5, 0.6) is 0 Å². The zero-order valence-corrected chi connectivity index (χ0v) is 13.9. The number of aryl methyl sites for hydroxylation is 3. The smallest absolute Gasteiger partial charge is 0.224 e. The first-order chi connectivity index (χ1) is 11.0. The van der Waals surface area contributed by atoms with Gasteiger partial charge in [-0.3, -0.25) is 4.79 Å². The second kappa shape index (κ2) is 6.34. The summed E-state index contributed by atoms with van der Waals surface area (Å²) >= 11 is 0. The van der Waals surface area contributed by atoms with E-state index in [9.17, 15) is 9.90 Å². The Balaban J connectivity index is 1.81. The minimum atomic E-state index is -0.624. The van der Waals surface area contributed by atoms with Crippen molar-refractivity contribution in [3.8, 4) is 0 Å². The number of amides is 1. The Morgan fingerprint density at radius 3 is 2.91 bits per heavy atom. The average Bonchev–Trinajstić information content (AvgIpc) is 2.79. The third-order valence-electron chi connectivity index (χ3n) is 4.58. The zero-order chi connectivity index (χ0) is 16.6. The lowest BCUT2D eigenvalue weighted by Gasteiger charge is -2.28. The molecule has 3 N–H and O–H groups in total. The summed E-state index contributed by atoms with van der Waals surface area (Å²) < 4.78 is 5.20. The molecule has 0 aliphatic carbocycles. The van der Waals surface area contributed by atoms with E-state index in [-0.39, 0.29) is 18.6 Å². The van der Waals surface area contributed by atoms with E-state index in [1.165, 1.54) is 11.1 Å². The molecule has 0 spiro atoms. The highest BCUT2D eigenvalue weighted by molar-refractivity contribution is 5.92. The van der Waals surface area contributed by atoms with Gasteiger partial charge in [-0.15, -0.1) is 0 Å². The van der Waals surface area contributed by atoms with Crippen molar-refractivity contribution in [3.63, 3.8) is 0 Å². The Bertz CT molecular complexity index is 735. The predicted octanol–water partition coefficient (Wildman–Crippen LogP) is 1.90. The highest BCUT2D eigenvalue weighted by Crippen LogP contribution is 2.26. The maximum atomic E-state index is 12.4. The first-order valence-corrected chi connectivity index (χ1v) is 8.09. The lowest BCUT2D eigenvalue weighted by molar-refractivity contribution is -0.123. The summed E-state index contributed by atoms with van der Waals surface area (Å²) in [6, 6.07) is 4.04. The summed E-state index contributed by atoms with van der Waals surface area (Å²) in [7, 11) is 0. The van der Waals surface area contributed by atoms with Crippen molar-refractivity contribution >= 4 is 16.8 Å². The Kier molecular flexibility index (Phi) is 4.41. The lowest BCUT2D eigenvalue weighted by Crippen LogP contribution is -2.49. The van der Waals surface area contributed by atoms with Gasteiger partial charge in [-0.2, -0.15) is 0 Å². The maximum Gasteiger partial charge on any atom is 0.224 e. The van der Waals surface area contributed by atoms with Gasteiger partial charge in [0.2, 0.25) is 5.91 Å². The Morgan fingerprint density at radius 2 is 2.17 bits per heavy atom. The molecule has 1 amide bonds. The summed E-state index contributed by atoms with van der Waals surface area (Å²) in [5.41, 5.74) is 5.54. The van der Waals surface area contributed by atoms with Gasteiger partial charge < -0.3 is 20.1 Å². The molecule has 0 unspecified atom stereocenters. The average molecular weight is 316 g/mol. The fourth-order valence-electron chi connectivity index (χ4n) is 3.37. The topological polar surface area (TPSA) is 74.4 Å². The standard InChI is InChI=1S/C18H24N2O3/c1-10-6-11(2)18-14(7-10)13(12(3)19-18)8-17(22)20-15-4-5-23-9-16(15)21/h6-7,15-16,19,21H,4-5,8-9H2,1-3H3,(H,20,22)/t15-,16-/m1/s1. The monoisotopic (exact) mass is 316 g/mol. The number of aliphatic hydroxyl groups is 1. The number of rotatable bonds is 3. The van der Waals surface area contributed by atoms with Crippen LogP contribution < -0.4 is 5.32 Å². The van der Waals surface area contributed by atoms with Crippen LogP contribution in [0.3, 0.4) is 0 Å². The maximum absolute atomic E-state index is 12.4. The molecule has 1 aliphatic rings. The van der Waals surface area contributed by atoms with E-state index in [0.717, 1.165) is 22.2 Å². The molecule has 2 aromatic rings. The highest BCUT2D eigenvalue weighted by atomic mass is 16.5. The molecular weight excluding hydrogens is 292 g/mol. The van der Waals surface area contributed by atoms with Crippen molar-refractivity contribution in [2.24, 2.45) is 0 Å². The summed E-state index contributed by atoms with van der Waals surface area (Å²) in [5.74, 6) is -0.0564. The molecule has 124 valence electrons. The van der Waals surface area contributed by atoms with E-state index in [0.29, 0.717) is 19.4 Å². The van der Waals surface area contributed by atoms with Gasteiger partial charge in [-0.25, -0.2) is 0 Å². The summed E-state index contributed by atoms with van der Waals surface area (Å²) in [6.07, 6.45) is 0.345. The predicted molar refractivity (Wildman–Crippen MR) is 89.6 cm³/mol. The summed E-state index contributed by atoms with van der Waals surface area (Å²) in [6.45, 7) is 7.01. The molecule has 1 aromatic carbocycles. The lowest BCUT2D eigenvalue weighted by atomic mass is 10.0. The van der Waals surface area contributed by atoms with Crippen molar-refractivity contribution in [3.05, 3.63) is 34.5 Å². The largest absolute Gasteiger partial charge is 0.389 e. The third-order valence-corrected chi connectivity index (χ3v) is 4.58. The molecule has 1 fully saturated rings. The number of carbonyl (C=O) groups is 1. The highest BCUT2D eigenvalue weighted by Gasteiger charge is 2.25. The zero-order valence-electron chi connectivity index (χ0n) is 13.9. The Labute approximate surface area is 136 Å². The number of carbonyl (C=O) groups excluding carboxylic acids is 1. The molecule has 5 heteroatoms. The SMILES string of the molecule is Cc1cc(C)c2[nH]c(C)c(CC(=O)N[C@@H]3CCOC[C@H]3O)c2c1. The van der Waals surface area contributed by atoms with Crippen LogP contribution >= 0.6 is 0 Å². The second-order valence-corrected chi connectivity index (χ2v) is 6.51. The number of benzene rings is 1. The molecule has 2 heterocycles. The normalized spacial score (nSPS) is 21.6. The van der Waals surface area contributed by atoms with E-state index in [2.05, 4.69) is 36.3 Å². The first-order valence-electron chi connectivity index (χ1n) is 8.09. The van der Waals surface area contributed by atoms with Crippen LogP contribution in [-0.2, 0) is 16.0 Å². The number of aromatic nitrogens is 1. The van der Waals surface area contributed by atoms with Gasteiger partial charge in [-0.05, 0) is 44.4 Å². The van der Waals surface area contributed by atoms with Crippen molar-refractivity contribution in [2.75, 3.05) is 13.2 Å². The van der Waals surface area contributed by atoms with E-state index in [1.54, 1.807) is 0 Å². The van der Waals surface area contributed by atoms with Crippen molar-refractivity contribution < 1.29 is 14.6 Å². The molecule has 1 saturated heterocycles. The van der Waals surface area contributed by atoms with E-state index < -0.39 is 6.10 Å². The molecule has 2 atom stereocenters. The number of fused-ring (bicyclic) bond motifs is 1. The number of nitrogens with one attached hydrogen (secondary N) is 2. The molecule has 1 aromatic heterocycles. The van der Waals surface area contributed by atoms with Gasteiger partial charge in [-0.1, -0.05) is 11.6 Å². The molecule has 23 heavy (non-hydrogen) atoms. The van der Waals surface area contributed by atoms with Crippen LogP contribution in [0, 0.1) is 20.8 Å². The fraction of sp³-hybridized carbons (Fsp3) is 0.500. The quantitative estimate of drug-likeness (QED) is 0.810. The summed E-state index contributed by atoms with van der Waals surface area (Å²) in [4.78, 5) is 15.8. The second-order valence-electron chi connectivity index (χ2n) is 6.51. The van der Waals surface area contributed by atoms with Gasteiger partial charge in [0.1, 0.15) is 0 Å². The Hall–Kier alpha value is -1.85. The number of ether oxygens (including phenoxy) is 1. The van der Waals surface area contributed by atoms with Gasteiger partial charge in [0, 0.05) is 23.2 Å². The molecule has 3 rings (SSSR count). The third kappa shape index (κ3) is 3.26. The van der Waals surface area contributed by atoms with Gasteiger partial charge in [0.05, 0.1) is 25.2 Å². The minimum Gasteiger partial charge on any atom is -0.389 e. The van der Waals surface area contributed by atoms with Crippen molar-refractivity contribution in [2.45, 2.75) is 45.8 Å². The molecule has 0 saturated carbocycles. The van der Waals surface area contributed by atoms with Crippen LogP contribution in [0.1, 0.15) is 28.8 Å². The minimum absolute atomic E-state index is 0.0564. The van der Waals surface area contributed by atoms with Gasteiger partial charge in [0.15, 0.2) is 0 Å². The number of aromatic amines is 1. The fourth-order valence-corrected chi connectivity index (χ4v) is 3.37. The van der Waals surface area contributed by atoms with Gasteiger partial charge in [0.25, 0.3) is 0 Å². The van der Waals surface area contributed by atoms with Crippen LogP contribution in [0.25, 0.3) is 10.9 Å². The molecule has 0 bridgehead atoms. The number of H-pyrrole nitrogens is 1. The van der Waals surface area contributed by atoms with E-state index in [4.69, 9.17) is 4.74 Å². The molecule has 5 nitrogen and oxygen atoms in total.